The molecular formula is C17H34N2O. The molecule has 1 saturated heterocycles. The monoisotopic (exact) mass is 282 g/mol. The first-order chi connectivity index (χ1) is 9.65. The van der Waals surface area contributed by atoms with Crippen molar-refractivity contribution in [3.8, 4) is 0 Å². The van der Waals surface area contributed by atoms with E-state index >= 15 is 0 Å². The highest BCUT2D eigenvalue weighted by atomic mass is 16.3. The first-order valence-electron chi connectivity index (χ1n) is 8.80. The standard InChI is InChI=1S/C17H34N2O/c1-14(12-15(2)20)13-18-16-8-10-19(11-9-16)17-6-4-3-5-7-17/h14-18,20H,3-13H2,1-2H3. The van der Waals surface area contributed by atoms with Gasteiger partial charge in [-0.25, -0.2) is 0 Å². The third-order valence-electron chi connectivity index (χ3n) is 5.12. The highest BCUT2D eigenvalue weighted by molar-refractivity contribution is 4.83. The van der Waals surface area contributed by atoms with Crippen molar-refractivity contribution in [1.29, 1.82) is 0 Å². The summed E-state index contributed by atoms with van der Waals surface area (Å²) in [5.41, 5.74) is 0. The minimum Gasteiger partial charge on any atom is -0.393 e. The molecule has 1 aliphatic carbocycles. The highest BCUT2D eigenvalue weighted by Crippen LogP contribution is 2.25. The van der Waals surface area contributed by atoms with Crippen LogP contribution in [0.1, 0.15) is 65.2 Å². The van der Waals surface area contributed by atoms with Crippen LogP contribution in [0, 0.1) is 5.92 Å². The summed E-state index contributed by atoms with van der Waals surface area (Å²) in [6.07, 6.45) is 10.6. The molecule has 3 nitrogen and oxygen atoms in total. The van der Waals surface area contributed by atoms with E-state index in [0.717, 1.165) is 19.0 Å². The average molecular weight is 282 g/mol. The Morgan fingerprint density at radius 2 is 1.70 bits per heavy atom. The van der Waals surface area contributed by atoms with Gasteiger partial charge >= 0.3 is 0 Å². The maximum absolute atomic E-state index is 9.40. The van der Waals surface area contributed by atoms with Gasteiger partial charge in [-0.3, -0.25) is 0 Å². The topological polar surface area (TPSA) is 35.5 Å². The average Bonchev–Trinajstić information content (AvgIpc) is 2.46. The lowest BCUT2D eigenvalue weighted by Gasteiger charge is -2.39. The zero-order valence-corrected chi connectivity index (χ0v) is 13.5. The molecule has 2 unspecified atom stereocenters. The minimum atomic E-state index is -0.167. The van der Waals surface area contributed by atoms with Crippen molar-refractivity contribution in [3.05, 3.63) is 0 Å². The Labute approximate surface area is 125 Å². The molecule has 0 amide bonds. The van der Waals surface area contributed by atoms with E-state index in [1.165, 1.54) is 58.0 Å². The SMILES string of the molecule is CC(O)CC(C)CNC1CCN(C2CCCCC2)CC1. The summed E-state index contributed by atoms with van der Waals surface area (Å²) < 4.78 is 0. The van der Waals surface area contributed by atoms with Crippen LogP contribution in [0.4, 0.5) is 0 Å². The van der Waals surface area contributed by atoms with E-state index in [-0.39, 0.29) is 6.10 Å². The smallest absolute Gasteiger partial charge is 0.0515 e. The minimum absolute atomic E-state index is 0.167. The molecular weight excluding hydrogens is 248 g/mol. The van der Waals surface area contributed by atoms with Crippen molar-refractivity contribution < 1.29 is 5.11 Å². The third kappa shape index (κ3) is 5.34. The lowest BCUT2D eigenvalue weighted by Crippen LogP contribution is -2.47. The molecule has 118 valence electrons. The van der Waals surface area contributed by atoms with Crippen LogP contribution in [-0.2, 0) is 0 Å². The normalized spacial score (nSPS) is 26.6. The van der Waals surface area contributed by atoms with Crippen molar-refractivity contribution >= 4 is 0 Å². The van der Waals surface area contributed by atoms with Gasteiger partial charge in [0, 0.05) is 12.1 Å². The molecule has 0 aromatic rings. The molecule has 0 radical (unpaired) electrons. The fourth-order valence-corrected chi connectivity index (χ4v) is 3.95. The Morgan fingerprint density at radius 1 is 1.05 bits per heavy atom. The molecule has 0 bridgehead atoms. The summed E-state index contributed by atoms with van der Waals surface area (Å²) in [6.45, 7) is 7.75. The number of rotatable bonds is 6. The molecule has 2 atom stereocenters. The fraction of sp³-hybridized carbons (Fsp3) is 1.00. The molecule has 3 heteroatoms. The Morgan fingerprint density at radius 3 is 2.30 bits per heavy atom. The lowest BCUT2D eigenvalue weighted by atomic mass is 9.92. The van der Waals surface area contributed by atoms with E-state index < -0.39 is 0 Å². The van der Waals surface area contributed by atoms with Crippen molar-refractivity contribution in [2.45, 2.75) is 83.4 Å². The van der Waals surface area contributed by atoms with Gasteiger partial charge in [-0.05, 0) is 64.6 Å². The van der Waals surface area contributed by atoms with E-state index in [1.807, 2.05) is 6.92 Å². The lowest BCUT2D eigenvalue weighted by molar-refractivity contribution is 0.113. The molecule has 1 aliphatic heterocycles. The number of nitrogens with one attached hydrogen (secondary N) is 1. The van der Waals surface area contributed by atoms with E-state index in [0.29, 0.717) is 12.0 Å². The van der Waals surface area contributed by atoms with Crippen molar-refractivity contribution in [3.63, 3.8) is 0 Å². The second-order valence-electron chi connectivity index (χ2n) is 7.20. The van der Waals surface area contributed by atoms with Gasteiger partial charge in [0.2, 0.25) is 0 Å². The molecule has 20 heavy (non-hydrogen) atoms. The number of piperidine rings is 1. The van der Waals surface area contributed by atoms with Crippen LogP contribution >= 0.6 is 0 Å². The van der Waals surface area contributed by atoms with Crippen LogP contribution in [0.5, 0.6) is 0 Å². The van der Waals surface area contributed by atoms with Gasteiger partial charge in [0.25, 0.3) is 0 Å². The van der Waals surface area contributed by atoms with Gasteiger partial charge in [-0.1, -0.05) is 26.2 Å². The zero-order chi connectivity index (χ0) is 14.4. The summed E-state index contributed by atoms with van der Waals surface area (Å²) in [5, 5.41) is 13.1. The predicted octanol–water partition coefficient (Wildman–Crippen LogP) is 2.78. The Bertz CT molecular complexity index is 256. The van der Waals surface area contributed by atoms with E-state index in [1.54, 1.807) is 0 Å². The van der Waals surface area contributed by atoms with Crippen LogP contribution < -0.4 is 5.32 Å². The van der Waals surface area contributed by atoms with Crippen LogP contribution in [-0.4, -0.2) is 47.8 Å². The second-order valence-corrected chi connectivity index (χ2v) is 7.20. The summed E-state index contributed by atoms with van der Waals surface area (Å²) in [6, 6.07) is 1.59. The van der Waals surface area contributed by atoms with Crippen molar-refractivity contribution in [1.82, 2.24) is 10.2 Å². The van der Waals surface area contributed by atoms with E-state index in [2.05, 4.69) is 17.1 Å². The summed E-state index contributed by atoms with van der Waals surface area (Å²) in [4.78, 5) is 2.75. The van der Waals surface area contributed by atoms with Crippen LogP contribution in [0.25, 0.3) is 0 Å². The largest absolute Gasteiger partial charge is 0.393 e. The molecule has 0 aromatic carbocycles. The van der Waals surface area contributed by atoms with Crippen molar-refractivity contribution in [2.24, 2.45) is 5.92 Å². The van der Waals surface area contributed by atoms with E-state index in [9.17, 15) is 5.11 Å². The first kappa shape index (κ1) is 16.3. The molecule has 0 spiro atoms. The molecule has 0 aromatic heterocycles. The molecule has 2 aliphatic rings. The van der Waals surface area contributed by atoms with Gasteiger partial charge in [-0.15, -0.1) is 0 Å². The molecule has 2 N–H and O–H groups in total. The van der Waals surface area contributed by atoms with Crippen LogP contribution in [0.2, 0.25) is 0 Å². The number of likely N-dealkylation sites (tertiary alicyclic amines) is 1. The van der Waals surface area contributed by atoms with Gasteiger partial charge in [0.05, 0.1) is 6.10 Å². The molecule has 2 rings (SSSR count). The van der Waals surface area contributed by atoms with Crippen molar-refractivity contribution in [2.75, 3.05) is 19.6 Å². The second kappa shape index (κ2) is 8.35. The van der Waals surface area contributed by atoms with Crippen LogP contribution in [0.3, 0.4) is 0 Å². The summed E-state index contributed by atoms with van der Waals surface area (Å²) in [5.74, 6) is 0.575. The van der Waals surface area contributed by atoms with E-state index in [4.69, 9.17) is 0 Å². The van der Waals surface area contributed by atoms with Gasteiger partial charge in [0.1, 0.15) is 0 Å². The first-order valence-corrected chi connectivity index (χ1v) is 8.80. The number of aliphatic hydroxyl groups excluding tert-OH is 1. The zero-order valence-electron chi connectivity index (χ0n) is 13.5. The number of nitrogens with zero attached hydrogens (tertiary/aromatic N) is 1. The maximum atomic E-state index is 9.40. The predicted molar refractivity (Wildman–Crippen MR) is 84.9 cm³/mol. The Kier molecular flexibility index (Phi) is 6.79. The quantitative estimate of drug-likeness (QED) is 0.786. The summed E-state index contributed by atoms with van der Waals surface area (Å²) >= 11 is 0. The van der Waals surface area contributed by atoms with Gasteiger partial charge in [0.15, 0.2) is 0 Å². The number of hydrogen-bond donors (Lipinski definition) is 2. The Hall–Kier alpha value is -0.120. The maximum Gasteiger partial charge on any atom is 0.0515 e. The van der Waals surface area contributed by atoms with Crippen LogP contribution in [0.15, 0.2) is 0 Å². The van der Waals surface area contributed by atoms with Gasteiger partial charge < -0.3 is 15.3 Å². The Balaban J connectivity index is 1.61. The molecule has 2 fully saturated rings. The highest BCUT2D eigenvalue weighted by Gasteiger charge is 2.26. The summed E-state index contributed by atoms with van der Waals surface area (Å²) in [7, 11) is 0. The molecule has 1 saturated carbocycles. The molecule has 1 heterocycles. The third-order valence-corrected chi connectivity index (χ3v) is 5.12. The fourth-order valence-electron chi connectivity index (χ4n) is 3.95. The number of aliphatic hydroxyl groups is 1. The van der Waals surface area contributed by atoms with Gasteiger partial charge in [-0.2, -0.15) is 0 Å². The number of hydrogen-bond acceptors (Lipinski definition) is 3.